The number of nitrogens with zero attached hydrogens (tertiary/aromatic N) is 1. The van der Waals surface area contributed by atoms with E-state index in [1.54, 1.807) is 7.11 Å². The first-order valence-corrected chi connectivity index (χ1v) is 9.00. The lowest BCUT2D eigenvalue weighted by Crippen LogP contribution is -2.34. The lowest BCUT2D eigenvalue weighted by molar-refractivity contribution is 0.400. The van der Waals surface area contributed by atoms with Crippen molar-refractivity contribution in [2.75, 3.05) is 38.0 Å². The van der Waals surface area contributed by atoms with E-state index in [4.69, 9.17) is 4.74 Å². The van der Waals surface area contributed by atoms with E-state index in [-0.39, 0.29) is 11.8 Å². The summed E-state index contributed by atoms with van der Waals surface area (Å²) in [5.74, 6) is 1.26. The highest BCUT2D eigenvalue weighted by atomic mass is 32.2. The summed E-state index contributed by atoms with van der Waals surface area (Å²) in [6, 6.07) is 5.97. The van der Waals surface area contributed by atoms with Crippen LogP contribution in [-0.2, 0) is 16.4 Å². The van der Waals surface area contributed by atoms with Crippen LogP contribution in [0.25, 0.3) is 0 Å². The maximum atomic E-state index is 11.7. The Kier molecular flexibility index (Phi) is 5.11. The van der Waals surface area contributed by atoms with Gasteiger partial charge >= 0.3 is 0 Å². The number of ether oxygens (including phenoxy) is 1. The van der Waals surface area contributed by atoms with Crippen LogP contribution in [0.2, 0.25) is 0 Å². The highest BCUT2D eigenvalue weighted by molar-refractivity contribution is 7.91. The van der Waals surface area contributed by atoms with E-state index in [0.29, 0.717) is 5.75 Å². The van der Waals surface area contributed by atoms with Gasteiger partial charge in [0.2, 0.25) is 0 Å². The molecule has 0 spiro atoms. The van der Waals surface area contributed by atoms with Gasteiger partial charge in [-0.05, 0) is 44.6 Å². The maximum absolute atomic E-state index is 11.7. The van der Waals surface area contributed by atoms with Gasteiger partial charge in [-0.2, -0.15) is 0 Å². The molecule has 0 aliphatic carbocycles. The molecule has 1 aliphatic heterocycles. The minimum atomic E-state index is -2.91. The van der Waals surface area contributed by atoms with Crippen LogP contribution in [0.1, 0.15) is 18.4 Å². The number of anilines is 1. The quantitative estimate of drug-likeness (QED) is 0.897. The summed E-state index contributed by atoms with van der Waals surface area (Å²) in [6.07, 6.45) is 1.60. The molecule has 1 atom stereocenters. The largest absolute Gasteiger partial charge is 0.495 e. The van der Waals surface area contributed by atoms with Crippen LogP contribution in [-0.4, -0.2) is 52.1 Å². The topological polar surface area (TPSA) is 58.6 Å². The van der Waals surface area contributed by atoms with Crippen LogP contribution in [0.4, 0.5) is 5.69 Å². The zero-order valence-corrected chi connectivity index (χ0v) is 13.7. The molecule has 1 heterocycles. The molecule has 2 rings (SSSR count). The molecule has 1 fully saturated rings. The number of hydrogen-bond donors (Lipinski definition) is 1. The summed E-state index contributed by atoms with van der Waals surface area (Å²) in [6.45, 7) is 0.835. The van der Waals surface area contributed by atoms with Crippen molar-refractivity contribution in [1.29, 1.82) is 0 Å². The summed E-state index contributed by atoms with van der Waals surface area (Å²) in [5, 5.41) is 3.35. The summed E-state index contributed by atoms with van der Waals surface area (Å²) in [5.41, 5.74) is 2.04. The first-order chi connectivity index (χ1) is 9.89. The molecule has 0 aromatic heterocycles. The Hall–Kier alpha value is -1.27. The predicted molar refractivity (Wildman–Crippen MR) is 85.7 cm³/mol. The van der Waals surface area contributed by atoms with E-state index in [1.807, 2.05) is 32.3 Å². The van der Waals surface area contributed by atoms with E-state index in [0.717, 1.165) is 30.8 Å². The van der Waals surface area contributed by atoms with Crippen LogP contribution < -0.4 is 10.1 Å². The Balaban J connectivity index is 2.17. The van der Waals surface area contributed by atoms with E-state index in [9.17, 15) is 8.42 Å². The highest BCUT2D eigenvalue weighted by Crippen LogP contribution is 2.28. The van der Waals surface area contributed by atoms with Crippen LogP contribution in [0.15, 0.2) is 18.2 Å². The third kappa shape index (κ3) is 4.61. The normalized spacial score (nSPS) is 21.2. The molecule has 6 heteroatoms. The van der Waals surface area contributed by atoms with Crippen molar-refractivity contribution in [3.8, 4) is 5.75 Å². The second-order valence-electron chi connectivity index (χ2n) is 5.87. The molecule has 1 aromatic rings. The minimum Gasteiger partial charge on any atom is -0.495 e. The average molecular weight is 312 g/mol. The number of nitrogens with one attached hydrogen (secondary N) is 1. The summed E-state index contributed by atoms with van der Waals surface area (Å²) < 4.78 is 28.9. The Labute approximate surface area is 127 Å². The van der Waals surface area contributed by atoms with Crippen molar-refractivity contribution in [3.05, 3.63) is 23.8 Å². The summed E-state index contributed by atoms with van der Waals surface area (Å²) >= 11 is 0. The summed E-state index contributed by atoms with van der Waals surface area (Å²) in [7, 11) is 2.75. The van der Waals surface area contributed by atoms with Gasteiger partial charge in [0.05, 0.1) is 24.3 Å². The third-order valence-electron chi connectivity index (χ3n) is 3.59. The minimum absolute atomic E-state index is 0.0349. The first kappa shape index (κ1) is 16.1. The van der Waals surface area contributed by atoms with Gasteiger partial charge in [0, 0.05) is 12.6 Å². The molecule has 1 N–H and O–H groups in total. The van der Waals surface area contributed by atoms with Gasteiger partial charge in [0.25, 0.3) is 0 Å². The van der Waals surface area contributed by atoms with Crippen molar-refractivity contribution < 1.29 is 13.2 Å². The molecule has 1 aliphatic rings. The predicted octanol–water partition coefficient (Wildman–Crippen LogP) is 1.75. The van der Waals surface area contributed by atoms with Gasteiger partial charge in [0.1, 0.15) is 5.75 Å². The Morgan fingerprint density at radius 1 is 1.38 bits per heavy atom. The molecule has 0 saturated carbocycles. The van der Waals surface area contributed by atoms with Crippen molar-refractivity contribution in [2.24, 2.45) is 0 Å². The standard InChI is InChI=1S/C15H24N2O3S/c1-17(2)10-12-6-7-15(20-3)14(9-12)16-13-5-4-8-21(18,19)11-13/h6-7,9,13,16H,4-5,8,10-11H2,1-3H3. The zero-order chi connectivity index (χ0) is 15.5. The lowest BCUT2D eigenvalue weighted by atomic mass is 10.1. The molecule has 1 saturated heterocycles. The molecule has 1 unspecified atom stereocenters. The zero-order valence-electron chi connectivity index (χ0n) is 12.9. The molecule has 1 aromatic carbocycles. The van der Waals surface area contributed by atoms with Gasteiger partial charge in [-0.15, -0.1) is 0 Å². The first-order valence-electron chi connectivity index (χ1n) is 7.18. The molecule has 0 amide bonds. The molecular weight excluding hydrogens is 288 g/mol. The lowest BCUT2D eigenvalue weighted by Gasteiger charge is -2.25. The SMILES string of the molecule is COc1ccc(CN(C)C)cc1NC1CCCS(=O)(=O)C1. The van der Waals surface area contributed by atoms with E-state index in [2.05, 4.69) is 10.2 Å². The molecule has 0 bridgehead atoms. The monoisotopic (exact) mass is 312 g/mol. The van der Waals surface area contributed by atoms with Crippen LogP contribution >= 0.6 is 0 Å². The smallest absolute Gasteiger partial charge is 0.152 e. The maximum Gasteiger partial charge on any atom is 0.152 e. The molecule has 0 radical (unpaired) electrons. The highest BCUT2D eigenvalue weighted by Gasteiger charge is 2.25. The Bertz CT molecular complexity index is 585. The fourth-order valence-corrected chi connectivity index (χ4v) is 4.32. The fourth-order valence-electron chi connectivity index (χ4n) is 2.69. The Morgan fingerprint density at radius 2 is 2.14 bits per heavy atom. The van der Waals surface area contributed by atoms with Gasteiger partial charge in [-0.25, -0.2) is 8.42 Å². The number of rotatable bonds is 5. The molecule has 5 nitrogen and oxygen atoms in total. The number of sulfone groups is 1. The third-order valence-corrected chi connectivity index (χ3v) is 5.41. The van der Waals surface area contributed by atoms with Gasteiger partial charge in [0.15, 0.2) is 9.84 Å². The second-order valence-corrected chi connectivity index (χ2v) is 8.10. The van der Waals surface area contributed by atoms with Crippen molar-refractivity contribution in [3.63, 3.8) is 0 Å². The van der Waals surface area contributed by atoms with E-state index in [1.165, 1.54) is 5.56 Å². The van der Waals surface area contributed by atoms with Crippen LogP contribution in [0.5, 0.6) is 5.75 Å². The van der Waals surface area contributed by atoms with E-state index >= 15 is 0 Å². The van der Waals surface area contributed by atoms with Crippen molar-refractivity contribution >= 4 is 15.5 Å². The fraction of sp³-hybridized carbons (Fsp3) is 0.600. The summed E-state index contributed by atoms with van der Waals surface area (Å²) in [4.78, 5) is 2.09. The van der Waals surface area contributed by atoms with Gasteiger partial charge in [-0.3, -0.25) is 0 Å². The molecule has 21 heavy (non-hydrogen) atoms. The number of methoxy groups -OCH3 is 1. The van der Waals surface area contributed by atoms with Crippen molar-refractivity contribution in [2.45, 2.75) is 25.4 Å². The number of benzene rings is 1. The van der Waals surface area contributed by atoms with Gasteiger partial charge < -0.3 is 15.0 Å². The molecule has 118 valence electrons. The number of hydrogen-bond acceptors (Lipinski definition) is 5. The van der Waals surface area contributed by atoms with Crippen molar-refractivity contribution in [1.82, 2.24) is 4.90 Å². The second kappa shape index (κ2) is 6.66. The molecular formula is C15H24N2O3S. The Morgan fingerprint density at radius 3 is 2.76 bits per heavy atom. The van der Waals surface area contributed by atoms with Crippen LogP contribution in [0, 0.1) is 0 Å². The average Bonchev–Trinajstić information content (AvgIpc) is 2.37. The van der Waals surface area contributed by atoms with Gasteiger partial charge in [-0.1, -0.05) is 6.07 Å². The van der Waals surface area contributed by atoms with Crippen LogP contribution in [0.3, 0.4) is 0 Å². The van der Waals surface area contributed by atoms with E-state index < -0.39 is 9.84 Å².